The third-order valence-corrected chi connectivity index (χ3v) is 6.55. The van der Waals surface area contributed by atoms with Crippen LogP contribution in [0.1, 0.15) is 55.5 Å². The second kappa shape index (κ2) is 10.6. The minimum absolute atomic E-state index is 0.0195. The van der Waals surface area contributed by atoms with Gasteiger partial charge in [-0.15, -0.1) is 0 Å². The molecule has 0 spiro atoms. The zero-order valence-electron chi connectivity index (χ0n) is 21.4. The van der Waals surface area contributed by atoms with Crippen molar-refractivity contribution in [1.82, 2.24) is 14.9 Å². The fourth-order valence-electron chi connectivity index (χ4n) is 4.41. The van der Waals surface area contributed by atoms with Gasteiger partial charge in [-0.05, 0) is 12.1 Å². The summed E-state index contributed by atoms with van der Waals surface area (Å²) in [4.78, 5) is 38.9. The van der Waals surface area contributed by atoms with Crippen LogP contribution in [-0.2, 0) is 16.4 Å². The Kier molecular flexibility index (Phi) is 7.68. The van der Waals surface area contributed by atoms with E-state index in [2.05, 4.69) is 14.9 Å². The predicted octanol–water partition coefficient (Wildman–Crippen LogP) is 4.48. The summed E-state index contributed by atoms with van der Waals surface area (Å²) in [6.07, 6.45) is -0.213. The number of nitrogens with zero attached hydrogens (tertiary/aromatic N) is 5. The van der Waals surface area contributed by atoms with Crippen LogP contribution in [0.4, 0.5) is 24.7 Å². The van der Waals surface area contributed by atoms with Crippen molar-refractivity contribution in [2.75, 3.05) is 49.1 Å². The maximum atomic E-state index is 13.5. The number of fused-ring (bicyclic) bond motifs is 1. The number of alkyl halides is 3. The van der Waals surface area contributed by atoms with Gasteiger partial charge in [0.2, 0.25) is 5.91 Å². The monoisotopic (exact) mass is 515 g/mol. The van der Waals surface area contributed by atoms with E-state index in [-0.39, 0.29) is 30.4 Å². The Morgan fingerprint density at radius 1 is 0.919 bits per heavy atom. The molecule has 0 bridgehead atoms. The summed E-state index contributed by atoms with van der Waals surface area (Å²) < 4.78 is 40.4. The Morgan fingerprint density at radius 2 is 1.59 bits per heavy atom. The molecule has 0 unspecified atom stereocenters. The summed E-state index contributed by atoms with van der Waals surface area (Å²) >= 11 is 0. The van der Waals surface area contributed by atoms with Crippen LogP contribution in [0, 0.1) is 0 Å². The summed E-state index contributed by atoms with van der Waals surface area (Å²) in [7, 11) is 0. The van der Waals surface area contributed by atoms with Crippen LogP contribution in [0.2, 0.25) is 0 Å². The number of halogens is 3. The fraction of sp³-hybridized carbons (Fsp3) is 0.481. The number of hydrogen-bond donors (Lipinski definition) is 0. The molecule has 7 nitrogen and oxygen atoms in total. The van der Waals surface area contributed by atoms with E-state index in [0.717, 1.165) is 6.07 Å². The number of carbonyl (C=O) groups is 2. The van der Waals surface area contributed by atoms with E-state index < -0.39 is 17.3 Å². The Labute approximate surface area is 215 Å². The molecule has 1 amide bonds. The van der Waals surface area contributed by atoms with Crippen LogP contribution in [0.5, 0.6) is 0 Å². The summed E-state index contributed by atoms with van der Waals surface area (Å²) in [6.45, 7) is 8.85. The largest absolute Gasteiger partial charge is 0.433 e. The van der Waals surface area contributed by atoms with Gasteiger partial charge in [0.1, 0.15) is 17.3 Å². The smallest absolute Gasteiger partial charge is 0.354 e. The van der Waals surface area contributed by atoms with Gasteiger partial charge in [0.15, 0.2) is 5.78 Å². The molecular weight excluding hydrogens is 483 g/mol. The molecule has 10 heteroatoms. The highest BCUT2D eigenvalue weighted by atomic mass is 19.4. The number of Topliss-reactive ketones (excluding diaryl/α,β-unsaturated/α-hetero) is 1. The number of benzene rings is 1. The van der Waals surface area contributed by atoms with Crippen LogP contribution in [0.3, 0.4) is 0 Å². The molecule has 198 valence electrons. The van der Waals surface area contributed by atoms with Crippen molar-refractivity contribution in [3.8, 4) is 0 Å². The molecule has 37 heavy (non-hydrogen) atoms. The van der Waals surface area contributed by atoms with Crippen LogP contribution < -0.4 is 9.80 Å². The maximum Gasteiger partial charge on any atom is 0.433 e. The maximum absolute atomic E-state index is 13.5. The Morgan fingerprint density at radius 3 is 2.27 bits per heavy atom. The van der Waals surface area contributed by atoms with Crippen molar-refractivity contribution in [3.63, 3.8) is 0 Å². The van der Waals surface area contributed by atoms with E-state index in [0.29, 0.717) is 56.3 Å². The van der Waals surface area contributed by atoms with E-state index in [9.17, 15) is 22.8 Å². The number of anilines is 2. The van der Waals surface area contributed by atoms with Crippen LogP contribution in [0.15, 0.2) is 42.5 Å². The first-order valence-corrected chi connectivity index (χ1v) is 12.4. The fourth-order valence-corrected chi connectivity index (χ4v) is 4.41. The Bertz CT molecular complexity index is 1150. The van der Waals surface area contributed by atoms with E-state index in [4.69, 9.17) is 0 Å². The second-order valence-corrected chi connectivity index (χ2v) is 10.4. The normalized spacial score (nSPS) is 17.9. The number of aromatic nitrogens is 2. The number of rotatable bonds is 5. The molecule has 1 fully saturated rings. The van der Waals surface area contributed by atoms with Crippen molar-refractivity contribution in [2.24, 2.45) is 0 Å². The van der Waals surface area contributed by atoms with Crippen molar-refractivity contribution in [2.45, 2.75) is 45.2 Å². The number of para-hydroxylation sites is 1. The van der Waals surface area contributed by atoms with Gasteiger partial charge in [0.25, 0.3) is 0 Å². The molecular formula is C27H32F3N5O2. The Balaban J connectivity index is 1.36. The van der Waals surface area contributed by atoms with Crippen LogP contribution in [0.25, 0.3) is 0 Å². The molecule has 2 aliphatic rings. The number of amides is 1. The van der Waals surface area contributed by atoms with Crippen LogP contribution in [-0.4, -0.2) is 65.8 Å². The molecule has 4 rings (SSSR count). The third kappa shape index (κ3) is 6.36. The lowest BCUT2D eigenvalue weighted by atomic mass is 9.95. The van der Waals surface area contributed by atoms with E-state index in [1.165, 1.54) is 0 Å². The highest BCUT2D eigenvalue weighted by Crippen LogP contribution is 2.32. The molecule has 0 aliphatic carbocycles. The van der Waals surface area contributed by atoms with Crippen molar-refractivity contribution in [3.05, 3.63) is 59.6 Å². The van der Waals surface area contributed by atoms with Crippen LogP contribution >= 0.6 is 0 Å². The van der Waals surface area contributed by atoms with Crippen molar-refractivity contribution >= 4 is 23.2 Å². The summed E-state index contributed by atoms with van der Waals surface area (Å²) in [5, 5.41) is 0. The highest BCUT2D eigenvalue weighted by molar-refractivity contribution is 6.10. The van der Waals surface area contributed by atoms with E-state index >= 15 is 0 Å². The molecule has 0 atom stereocenters. The van der Waals surface area contributed by atoms with Gasteiger partial charge >= 0.3 is 6.18 Å². The van der Waals surface area contributed by atoms with Gasteiger partial charge in [-0.1, -0.05) is 45.1 Å². The average molecular weight is 516 g/mol. The number of ketones is 1. The first kappa shape index (κ1) is 26.8. The SMILES string of the molecule is CC(C)(C)c1nc(N2CCN(C/C=C/CN3C(=O)CCC(=O)c4ccccc43)CC2)cc(C(F)(F)F)n1. The lowest BCUT2D eigenvalue weighted by Gasteiger charge is -2.35. The van der Waals surface area contributed by atoms with Crippen molar-refractivity contribution in [1.29, 1.82) is 0 Å². The molecule has 1 saturated heterocycles. The number of carbonyl (C=O) groups excluding carboxylic acids is 2. The predicted molar refractivity (Wildman–Crippen MR) is 136 cm³/mol. The number of piperazine rings is 1. The van der Waals surface area contributed by atoms with Gasteiger partial charge in [-0.3, -0.25) is 14.5 Å². The average Bonchev–Trinajstić information content (AvgIpc) is 2.97. The molecule has 1 aromatic carbocycles. The summed E-state index contributed by atoms with van der Waals surface area (Å²) in [5.41, 5.74) is -0.304. The van der Waals surface area contributed by atoms with Gasteiger partial charge in [-0.25, -0.2) is 9.97 Å². The zero-order valence-corrected chi connectivity index (χ0v) is 21.4. The van der Waals surface area contributed by atoms with E-state index in [1.54, 1.807) is 43.9 Å². The quantitative estimate of drug-likeness (QED) is 0.547. The molecule has 0 N–H and O–H groups in total. The molecule has 0 radical (unpaired) electrons. The Hall–Kier alpha value is -3.27. The number of hydrogen-bond acceptors (Lipinski definition) is 6. The first-order chi connectivity index (χ1) is 17.4. The van der Waals surface area contributed by atoms with E-state index in [1.807, 2.05) is 23.1 Å². The summed E-state index contributed by atoms with van der Waals surface area (Å²) in [5.74, 6) is 0.382. The molecule has 0 saturated carbocycles. The van der Waals surface area contributed by atoms with Gasteiger partial charge in [-0.2, -0.15) is 13.2 Å². The zero-order chi connectivity index (χ0) is 26.8. The minimum Gasteiger partial charge on any atom is -0.354 e. The molecule has 2 aliphatic heterocycles. The van der Waals surface area contributed by atoms with Crippen molar-refractivity contribution < 1.29 is 22.8 Å². The van der Waals surface area contributed by atoms with Gasteiger partial charge in [0.05, 0.1) is 5.69 Å². The third-order valence-electron chi connectivity index (χ3n) is 6.55. The lowest BCUT2D eigenvalue weighted by Crippen LogP contribution is -2.47. The van der Waals surface area contributed by atoms with Gasteiger partial charge in [0, 0.05) is 69.2 Å². The highest BCUT2D eigenvalue weighted by Gasteiger charge is 2.36. The lowest BCUT2D eigenvalue weighted by molar-refractivity contribution is -0.141. The molecule has 1 aromatic heterocycles. The minimum atomic E-state index is -4.53. The summed E-state index contributed by atoms with van der Waals surface area (Å²) in [6, 6.07) is 8.21. The second-order valence-electron chi connectivity index (χ2n) is 10.4. The molecule has 3 heterocycles. The standard InChI is InChI=1S/C27H32F3N5O2/c1-26(2,3)25-31-22(27(28,29)30)18-23(32-25)34-16-14-33(15-17-34)12-6-7-13-35-20-9-5-4-8-19(20)21(36)10-11-24(35)37/h4-9,18H,10-17H2,1-3H3/b7-6+. The van der Waals surface area contributed by atoms with Gasteiger partial charge < -0.3 is 9.80 Å². The molecule has 2 aromatic rings. The topological polar surface area (TPSA) is 69.6 Å². The first-order valence-electron chi connectivity index (χ1n) is 12.4.